The number of piperidine rings is 1. The number of amides is 2. The van der Waals surface area contributed by atoms with Gasteiger partial charge in [-0.15, -0.1) is 12.4 Å². The van der Waals surface area contributed by atoms with Crippen LogP contribution in [0.3, 0.4) is 0 Å². The molecule has 1 aliphatic rings. The van der Waals surface area contributed by atoms with E-state index in [-0.39, 0.29) is 31.0 Å². The van der Waals surface area contributed by atoms with Gasteiger partial charge in [0.2, 0.25) is 5.91 Å². The highest BCUT2D eigenvalue weighted by molar-refractivity contribution is 5.98. The Morgan fingerprint density at radius 3 is 2.23 bits per heavy atom. The largest absolute Gasteiger partial charge is 0.445 e. The van der Waals surface area contributed by atoms with E-state index >= 15 is 0 Å². The number of benzene rings is 2. The highest BCUT2D eigenvalue weighted by Crippen LogP contribution is 2.23. The molecule has 0 bridgehead atoms. The first kappa shape index (κ1) is 23.7. The molecule has 0 saturated carbocycles. The molecule has 0 atom stereocenters. The monoisotopic (exact) mass is 431 g/mol. The number of carbonyl (C=O) groups is 2. The van der Waals surface area contributed by atoms with Gasteiger partial charge in [0.1, 0.15) is 6.61 Å². The van der Waals surface area contributed by atoms with Gasteiger partial charge < -0.3 is 20.7 Å². The lowest BCUT2D eigenvalue weighted by molar-refractivity contribution is -0.122. The summed E-state index contributed by atoms with van der Waals surface area (Å²) in [7, 11) is 0. The topological polar surface area (TPSA) is 84.7 Å². The normalized spacial score (nSPS) is 15.3. The van der Waals surface area contributed by atoms with Crippen LogP contribution in [0.25, 0.3) is 0 Å². The molecule has 0 unspecified atom stereocenters. The Morgan fingerprint density at radius 2 is 1.67 bits per heavy atom. The van der Waals surface area contributed by atoms with Gasteiger partial charge in [-0.1, -0.05) is 56.3 Å². The molecule has 1 fully saturated rings. The summed E-state index contributed by atoms with van der Waals surface area (Å²) in [5, 5.41) is 2.91. The van der Waals surface area contributed by atoms with Crippen molar-refractivity contribution in [1.82, 2.24) is 4.90 Å². The first-order valence-corrected chi connectivity index (χ1v) is 10.0. The van der Waals surface area contributed by atoms with Crippen LogP contribution in [0.2, 0.25) is 0 Å². The Morgan fingerprint density at radius 1 is 1.07 bits per heavy atom. The smallest absolute Gasteiger partial charge is 0.410 e. The van der Waals surface area contributed by atoms with Crippen molar-refractivity contribution in [3.8, 4) is 0 Å². The molecule has 2 aromatic rings. The van der Waals surface area contributed by atoms with E-state index in [1.54, 1.807) is 4.90 Å². The molecule has 1 saturated heterocycles. The van der Waals surface area contributed by atoms with Crippen LogP contribution < -0.4 is 11.1 Å². The molecule has 2 aromatic carbocycles. The SMILES string of the molecule is CC(C)c1ccc(NC(=O)C2(N)CCN(C(=O)OCc3ccccc3)CC2)cc1.Cl. The zero-order chi connectivity index (χ0) is 20.9. The van der Waals surface area contributed by atoms with Crippen LogP contribution in [0.4, 0.5) is 10.5 Å². The van der Waals surface area contributed by atoms with Gasteiger partial charge in [-0.05, 0) is 42.0 Å². The van der Waals surface area contributed by atoms with Crippen molar-refractivity contribution in [1.29, 1.82) is 0 Å². The van der Waals surface area contributed by atoms with Gasteiger partial charge in [0.25, 0.3) is 0 Å². The molecule has 1 heterocycles. The number of nitrogens with one attached hydrogen (secondary N) is 1. The lowest BCUT2D eigenvalue weighted by Crippen LogP contribution is -2.58. The van der Waals surface area contributed by atoms with Crippen LogP contribution in [0, 0.1) is 0 Å². The quantitative estimate of drug-likeness (QED) is 0.739. The summed E-state index contributed by atoms with van der Waals surface area (Å²) >= 11 is 0. The number of ether oxygens (including phenoxy) is 1. The van der Waals surface area contributed by atoms with Gasteiger partial charge in [0, 0.05) is 18.8 Å². The van der Waals surface area contributed by atoms with Gasteiger partial charge >= 0.3 is 6.09 Å². The van der Waals surface area contributed by atoms with Gasteiger partial charge in [0.15, 0.2) is 0 Å². The summed E-state index contributed by atoms with van der Waals surface area (Å²) < 4.78 is 5.37. The van der Waals surface area contributed by atoms with E-state index in [9.17, 15) is 9.59 Å². The molecule has 0 radical (unpaired) electrons. The highest BCUT2D eigenvalue weighted by Gasteiger charge is 2.39. The van der Waals surface area contributed by atoms with Crippen molar-refractivity contribution in [2.24, 2.45) is 5.73 Å². The van der Waals surface area contributed by atoms with E-state index in [2.05, 4.69) is 19.2 Å². The summed E-state index contributed by atoms with van der Waals surface area (Å²) in [6.45, 7) is 5.27. The van der Waals surface area contributed by atoms with Crippen LogP contribution in [0.1, 0.15) is 43.7 Å². The van der Waals surface area contributed by atoms with Gasteiger partial charge in [0.05, 0.1) is 5.54 Å². The Balaban J connectivity index is 0.00000320. The lowest BCUT2D eigenvalue weighted by atomic mass is 9.87. The third-order valence-corrected chi connectivity index (χ3v) is 5.41. The third kappa shape index (κ3) is 5.97. The van der Waals surface area contributed by atoms with E-state index < -0.39 is 5.54 Å². The van der Waals surface area contributed by atoms with E-state index in [0.717, 1.165) is 11.3 Å². The highest BCUT2D eigenvalue weighted by atomic mass is 35.5. The maximum atomic E-state index is 12.7. The average Bonchev–Trinajstić information content (AvgIpc) is 2.73. The first-order valence-electron chi connectivity index (χ1n) is 10.0. The fraction of sp³-hybridized carbons (Fsp3) is 0.391. The predicted molar refractivity (Wildman–Crippen MR) is 121 cm³/mol. The van der Waals surface area contributed by atoms with Crippen molar-refractivity contribution in [2.75, 3.05) is 18.4 Å². The third-order valence-electron chi connectivity index (χ3n) is 5.41. The standard InChI is InChI=1S/C23H29N3O3.ClH/c1-17(2)19-8-10-20(11-9-19)25-21(27)23(24)12-14-26(15-13-23)22(28)29-16-18-6-4-3-5-7-18;/h3-11,17H,12-16,24H2,1-2H3,(H,25,27);1H. The van der Waals surface area contributed by atoms with Crippen LogP contribution in [-0.4, -0.2) is 35.5 Å². The molecule has 3 rings (SSSR count). The second-order valence-electron chi connectivity index (χ2n) is 7.91. The minimum atomic E-state index is -0.993. The van der Waals surface area contributed by atoms with Crippen molar-refractivity contribution in [3.05, 3.63) is 65.7 Å². The molecule has 7 heteroatoms. The molecule has 0 aromatic heterocycles. The first-order chi connectivity index (χ1) is 13.9. The number of hydrogen-bond acceptors (Lipinski definition) is 4. The maximum Gasteiger partial charge on any atom is 0.410 e. The lowest BCUT2D eigenvalue weighted by Gasteiger charge is -2.37. The number of carbonyl (C=O) groups excluding carboxylic acids is 2. The Kier molecular flexibility index (Phi) is 8.26. The average molecular weight is 432 g/mol. The van der Waals surface area contributed by atoms with Crippen LogP contribution in [-0.2, 0) is 16.1 Å². The molecule has 0 aliphatic carbocycles. The zero-order valence-electron chi connectivity index (χ0n) is 17.5. The summed E-state index contributed by atoms with van der Waals surface area (Å²) in [4.78, 5) is 26.6. The summed E-state index contributed by atoms with van der Waals surface area (Å²) in [6.07, 6.45) is 0.410. The predicted octanol–water partition coefficient (Wildman–Crippen LogP) is 4.30. The number of nitrogens with two attached hydrogens (primary N) is 1. The molecule has 1 aliphatic heterocycles. The molecule has 30 heavy (non-hydrogen) atoms. The maximum absolute atomic E-state index is 12.7. The van der Waals surface area contributed by atoms with E-state index in [0.29, 0.717) is 31.8 Å². The van der Waals surface area contributed by atoms with Crippen molar-refractivity contribution < 1.29 is 14.3 Å². The molecular weight excluding hydrogens is 402 g/mol. The second kappa shape index (κ2) is 10.5. The Hall–Kier alpha value is -2.57. The summed E-state index contributed by atoms with van der Waals surface area (Å²) in [6, 6.07) is 17.4. The minimum Gasteiger partial charge on any atom is -0.445 e. The van der Waals surface area contributed by atoms with Gasteiger partial charge in [-0.2, -0.15) is 0 Å². The van der Waals surface area contributed by atoms with E-state index in [1.807, 2.05) is 54.6 Å². The molecule has 3 N–H and O–H groups in total. The Labute approximate surface area is 184 Å². The summed E-state index contributed by atoms with van der Waals surface area (Å²) in [5.41, 5.74) is 8.26. The van der Waals surface area contributed by atoms with Crippen molar-refractivity contribution in [2.45, 2.75) is 44.8 Å². The number of likely N-dealkylation sites (tertiary alicyclic amines) is 1. The molecule has 2 amide bonds. The zero-order valence-corrected chi connectivity index (χ0v) is 18.3. The van der Waals surface area contributed by atoms with Crippen LogP contribution in [0.5, 0.6) is 0 Å². The fourth-order valence-corrected chi connectivity index (χ4v) is 3.33. The minimum absolute atomic E-state index is 0. The molecular formula is C23H30ClN3O3. The number of nitrogens with zero attached hydrogens (tertiary/aromatic N) is 1. The molecule has 6 nitrogen and oxygen atoms in total. The summed E-state index contributed by atoms with van der Waals surface area (Å²) in [5.74, 6) is 0.221. The van der Waals surface area contributed by atoms with E-state index in [1.165, 1.54) is 5.56 Å². The Bertz CT molecular complexity index is 833. The second-order valence-corrected chi connectivity index (χ2v) is 7.91. The van der Waals surface area contributed by atoms with Gasteiger partial charge in [-0.3, -0.25) is 4.79 Å². The number of rotatable bonds is 5. The molecule has 0 spiro atoms. The van der Waals surface area contributed by atoms with E-state index in [4.69, 9.17) is 10.5 Å². The van der Waals surface area contributed by atoms with Crippen molar-refractivity contribution >= 4 is 30.1 Å². The number of hydrogen-bond donors (Lipinski definition) is 2. The number of anilines is 1. The van der Waals surface area contributed by atoms with Gasteiger partial charge in [-0.25, -0.2) is 4.79 Å². The fourth-order valence-electron chi connectivity index (χ4n) is 3.33. The van der Waals surface area contributed by atoms with Crippen LogP contribution >= 0.6 is 12.4 Å². The number of halogens is 1. The van der Waals surface area contributed by atoms with Crippen molar-refractivity contribution in [3.63, 3.8) is 0 Å². The van der Waals surface area contributed by atoms with Crippen LogP contribution in [0.15, 0.2) is 54.6 Å². The molecule has 162 valence electrons.